The minimum atomic E-state index is -4.69. The quantitative estimate of drug-likeness (QED) is 0.778. The van der Waals surface area contributed by atoms with E-state index in [9.17, 15) is 22.8 Å². The summed E-state index contributed by atoms with van der Waals surface area (Å²) in [4.78, 5) is 24.0. The highest BCUT2D eigenvalue weighted by Crippen LogP contribution is 2.18. The molecule has 0 aromatic carbocycles. The summed E-state index contributed by atoms with van der Waals surface area (Å²) >= 11 is 0. The third-order valence-electron chi connectivity index (χ3n) is 2.32. The number of carbonyl (C=O) groups excluding carboxylic acids is 1. The number of hydrogen-bond acceptors (Lipinski definition) is 3. The topological polar surface area (TPSA) is 84.6 Å². The van der Waals surface area contributed by atoms with Crippen LogP contribution in [0.5, 0.6) is 0 Å². The van der Waals surface area contributed by atoms with E-state index in [0.29, 0.717) is 0 Å². The Kier molecular flexibility index (Phi) is 7.55. The molecule has 0 fully saturated rings. The van der Waals surface area contributed by atoms with Crippen molar-refractivity contribution in [3.63, 3.8) is 0 Å². The summed E-state index contributed by atoms with van der Waals surface area (Å²) < 4.78 is 37.3. The van der Waals surface area contributed by atoms with Gasteiger partial charge in [0.15, 0.2) is 0 Å². The van der Waals surface area contributed by atoms with Crippen molar-refractivity contribution in [1.82, 2.24) is 9.80 Å². The summed E-state index contributed by atoms with van der Waals surface area (Å²) in [5.41, 5.74) is 0. The second-order valence-corrected chi connectivity index (χ2v) is 4.90. The van der Waals surface area contributed by atoms with Gasteiger partial charge in [-0.05, 0) is 5.92 Å². The van der Waals surface area contributed by atoms with Gasteiger partial charge in [0.1, 0.15) is 13.1 Å². The Bertz CT molecular complexity index is 405. The molecule has 2 amide bonds. The number of rotatable bonds is 7. The number of nitriles is 1. The van der Waals surface area contributed by atoms with Crippen LogP contribution >= 0.6 is 0 Å². The number of alkyl halides is 3. The molecule has 0 aliphatic carbocycles. The van der Waals surface area contributed by atoms with E-state index >= 15 is 0 Å². The fraction of sp³-hybridized carbons (Fsp3) is 0.750. The Hall–Kier alpha value is -1.98. The second-order valence-electron chi connectivity index (χ2n) is 4.90. The Labute approximate surface area is 120 Å². The lowest BCUT2D eigenvalue weighted by molar-refractivity contribution is -0.149. The Morgan fingerprint density at radius 3 is 2.24 bits per heavy atom. The molecule has 0 radical (unpaired) electrons. The summed E-state index contributed by atoms with van der Waals surface area (Å²) in [6, 6.07) is 0.774. The van der Waals surface area contributed by atoms with Gasteiger partial charge in [0.25, 0.3) is 0 Å². The van der Waals surface area contributed by atoms with Crippen molar-refractivity contribution in [3.05, 3.63) is 0 Å². The SMILES string of the molecule is CC(C)CN(CCC#N)C(=O)N(CC(=O)O)CC(F)(F)F. The lowest BCUT2D eigenvalue weighted by Gasteiger charge is -2.30. The van der Waals surface area contributed by atoms with E-state index in [1.807, 2.05) is 0 Å². The number of hydrogen-bond donors (Lipinski definition) is 1. The number of urea groups is 1. The van der Waals surface area contributed by atoms with E-state index < -0.39 is 31.3 Å². The van der Waals surface area contributed by atoms with Gasteiger partial charge in [-0.25, -0.2) is 4.79 Å². The summed E-state index contributed by atoms with van der Waals surface area (Å²) in [5.74, 6) is -1.55. The van der Waals surface area contributed by atoms with E-state index in [-0.39, 0.29) is 30.3 Å². The third-order valence-corrected chi connectivity index (χ3v) is 2.32. The van der Waals surface area contributed by atoms with Crippen molar-refractivity contribution >= 4 is 12.0 Å². The van der Waals surface area contributed by atoms with Gasteiger partial charge in [-0.1, -0.05) is 13.8 Å². The summed E-state index contributed by atoms with van der Waals surface area (Å²) in [5, 5.41) is 17.2. The van der Waals surface area contributed by atoms with E-state index in [4.69, 9.17) is 10.4 Å². The van der Waals surface area contributed by atoms with Crippen molar-refractivity contribution in [2.45, 2.75) is 26.4 Å². The van der Waals surface area contributed by atoms with Crippen molar-refractivity contribution in [3.8, 4) is 6.07 Å². The van der Waals surface area contributed by atoms with Gasteiger partial charge < -0.3 is 14.9 Å². The molecular weight excluding hydrogens is 291 g/mol. The zero-order valence-corrected chi connectivity index (χ0v) is 11.9. The summed E-state index contributed by atoms with van der Waals surface area (Å²) in [7, 11) is 0. The number of carboxylic acid groups (broad SMARTS) is 1. The molecule has 0 saturated heterocycles. The first kappa shape index (κ1) is 19.0. The minimum absolute atomic E-state index is 0.0230. The molecule has 6 nitrogen and oxygen atoms in total. The van der Waals surface area contributed by atoms with Gasteiger partial charge in [0.05, 0.1) is 12.5 Å². The molecule has 1 N–H and O–H groups in total. The zero-order chi connectivity index (χ0) is 16.6. The van der Waals surface area contributed by atoms with Gasteiger partial charge in [-0.3, -0.25) is 4.79 Å². The van der Waals surface area contributed by atoms with Crippen LogP contribution in [0.15, 0.2) is 0 Å². The molecule has 0 aliphatic rings. The third kappa shape index (κ3) is 8.73. The van der Waals surface area contributed by atoms with Crippen molar-refractivity contribution < 1.29 is 27.9 Å². The van der Waals surface area contributed by atoms with Crippen LogP contribution in [0.1, 0.15) is 20.3 Å². The lowest BCUT2D eigenvalue weighted by atomic mass is 10.2. The number of halogens is 3. The van der Waals surface area contributed by atoms with Gasteiger partial charge in [0, 0.05) is 13.1 Å². The number of aliphatic carboxylic acids is 1. The van der Waals surface area contributed by atoms with Crippen LogP contribution in [0, 0.1) is 17.2 Å². The first-order chi connectivity index (χ1) is 9.56. The highest BCUT2D eigenvalue weighted by atomic mass is 19.4. The Balaban J connectivity index is 5.07. The maximum Gasteiger partial charge on any atom is 0.406 e. The van der Waals surface area contributed by atoms with Gasteiger partial charge in [-0.2, -0.15) is 18.4 Å². The fourth-order valence-corrected chi connectivity index (χ4v) is 1.66. The summed E-state index contributed by atoms with van der Waals surface area (Å²) in [6.45, 7) is 0.949. The summed E-state index contributed by atoms with van der Waals surface area (Å²) in [6.07, 6.45) is -4.73. The van der Waals surface area contributed by atoms with Crippen LogP contribution in [0.2, 0.25) is 0 Å². The normalized spacial score (nSPS) is 11.1. The molecule has 21 heavy (non-hydrogen) atoms. The minimum Gasteiger partial charge on any atom is -0.480 e. The van der Waals surface area contributed by atoms with Crippen LogP contribution in [-0.2, 0) is 4.79 Å². The zero-order valence-electron chi connectivity index (χ0n) is 11.9. The molecule has 0 aromatic rings. The van der Waals surface area contributed by atoms with Crippen LogP contribution in [-0.4, -0.2) is 59.3 Å². The molecule has 0 bridgehead atoms. The van der Waals surface area contributed by atoms with Gasteiger partial charge in [-0.15, -0.1) is 0 Å². The number of nitrogens with zero attached hydrogens (tertiary/aromatic N) is 3. The molecule has 0 saturated carbocycles. The highest BCUT2D eigenvalue weighted by Gasteiger charge is 2.35. The maximum atomic E-state index is 12.4. The molecule has 120 valence electrons. The predicted octanol–water partition coefficient (Wildman–Crippen LogP) is 1.93. The van der Waals surface area contributed by atoms with Gasteiger partial charge >= 0.3 is 18.2 Å². The first-order valence-corrected chi connectivity index (χ1v) is 6.26. The van der Waals surface area contributed by atoms with Crippen LogP contribution in [0.3, 0.4) is 0 Å². The smallest absolute Gasteiger partial charge is 0.406 e. The average molecular weight is 309 g/mol. The molecule has 0 rings (SSSR count). The van der Waals surface area contributed by atoms with E-state index in [0.717, 1.165) is 4.90 Å². The number of carbonyl (C=O) groups is 2. The van der Waals surface area contributed by atoms with Crippen molar-refractivity contribution in [2.24, 2.45) is 5.92 Å². The van der Waals surface area contributed by atoms with Gasteiger partial charge in [0.2, 0.25) is 0 Å². The molecule has 0 aliphatic heterocycles. The largest absolute Gasteiger partial charge is 0.480 e. The van der Waals surface area contributed by atoms with Crippen LogP contribution < -0.4 is 0 Å². The molecular formula is C12H18F3N3O3. The molecule has 0 unspecified atom stereocenters. The number of amides is 2. The predicted molar refractivity (Wildman–Crippen MR) is 67.3 cm³/mol. The average Bonchev–Trinajstić information content (AvgIpc) is 2.30. The van der Waals surface area contributed by atoms with E-state index in [1.54, 1.807) is 19.9 Å². The first-order valence-electron chi connectivity index (χ1n) is 6.26. The fourth-order valence-electron chi connectivity index (χ4n) is 1.66. The number of carboxylic acids is 1. The molecule has 0 spiro atoms. The molecule has 0 aromatic heterocycles. The molecule has 0 atom stereocenters. The van der Waals surface area contributed by atoms with E-state index in [1.165, 1.54) is 0 Å². The lowest BCUT2D eigenvalue weighted by Crippen LogP contribution is -2.50. The standard InChI is InChI=1S/C12H18F3N3O3/c1-9(2)6-17(5-3-4-16)11(21)18(7-10(19)20)8-12(13,14)15/h9H,3,5-8H2,1-2H3,(H,19,20). The van der Waals surface area contributed by atoms with Crippen molar-refractivity contribution in [2.75, 3.05) is 26.2 Å². The van der Waals surface area contributed by atoms with Crippen LogP contribution in [0.4, 0.5) is 18.0 Å². The Morgan fingerprint density at radius 2 is 1.86 bits per heavy atom. The van der Waals surface area contributed by atoms with E-state index in [2.05, 4.69) is 0 Å². The molecule has 0 heterocycles. The molecule has 9 heteroatoms. The highest BCUT2D eigenvalue weighted by molar-refractivity contribution is 5.80. The monoisotopic (exact) mass is 309 g/mol. The van der Waals surface area contributed by atoms with Crippen molar-refractivity contribution in [1.29, 1.82) is 5.26 Å². The Morgan fingerprint density at radius 1 is 1.29 bits per heavy atom. The maximum absolute atomic E-state index is 12.4. The van der Waals surface area contributed by atoms with Crippen LogP contribution in [0.25, 0.3) is 0 Å². The second kappa shape index (κ2) is 8.34.